The Morgan fingerprint density at radius 1 is 1.12 bits per heavy atom. The topological polar surface area (TPSA) is 29.3 Å². The zero-order valence-corrected chi connectivity index (χ0v) is 11.4. The van der Waals surface area contributed by atoms with Crippen LogP contribution in [0, 0.1) is 5.92 Å². The summed E-state index contributed by atoms with van der Waals surface area (Å²) < 4.78 is 0. The summed E-state index contributed by atoms with van der Waals surface area (Å²) in [6, 6.07) is 8.65. The molecule has 1 atom stereocenters. The van der Waals surface area contributed by atoms with E-state index in [9.17, 15) is 0 Å². The predicted molar refractivity (Wildman–Crippen MR) is 74.7 cm³/mol. The molecule has 0 saturated carbocycles. The maximum atomic E-state index is 5.60. The van der Waals surface area contributed by atoms with Crippen LogP contribution in [0.2, 0.25) is 0 Å². The van der Waals surface area contributed by atoms with Crippen molar-refractivity contribution in [3.05, 3.63) is 35.4 Å². The van der Waals surface area contributed by atoms with Gasteiger partial charge in [0.2, 0.25) is 0 Å². The highest BCUT2D eigenvalue weighted by Crippen LogP contribution is 2.10. The van der Waals surface area contributed by atoms with Crippen molar-refractivity contribution in [2.45, 2.75) is 40.3 Å². The summed E-state index contributed by atoms with van der Waals surface area (Å²) in [6.07, 6.45) is 1.25. The maximum absolute atomic E-state index is 5.60. The molecule has 0 bridgehead atoms. The average molecular weight is 234 g/mol. The quantitative estimate of drug-likeness (QED) is 0.786. The Bertz CT molecular complexity index is 305. The lowest BCUT2D eigenvalue weighted by Gasteiger charge is -2.23. The lowest BCUT2D eigenvalue weighted by molar-refractivity contribution is 0.238. The van der Waals surface area contributed by atoms with Crippen molar-refractivity contribution >= 4 is 0 Å². The average Bonchev–Trinajstić information content (AvgIpc) is 2.38. The number of hydrogen-bond donors (Lipinski definition) is 1. The molecule has 96 valence electrons. The second-order valence-electron chi connectivity index (χ2n) is 4.86. The Hall–Kier alpha value is -0.860. The molecule has 2 heteroatoms. The van der Waals surface area contributed by atoms with Gasteiger partial charge in [-0.05, 0) is 23.6 Å². The van der Waals surface area contributed by atoms with Crippen LogP contribution in [0.25, 0.3) is 0 Å². The van der Waals surface area contributed by atoms with Gasteiger partial charge in [-0.1, -0.05) is 51.5 Å². The van der Waals surface area contributed by atoms with E-state index in [0.29, 0.717) is 6.54 Å². The highest BCUT2D eigenvalue weighted by atomic mass is 15.1. The van der Waals surface area contributed by atoms with Gasteiger partial charge in [0.25, 0.3) is 0 Å². The van der Waals surface area contributed by atoms with Gasteiger partial charge in [-0.3, -0.25) is 4.90 Å². The smallest absolute Gasteiger partial charge is 0.0233 e. The third-order valence-electron chi connectivity index (χ3n) is 3.38. The number of nitrogens with two attached hydrogens (primary N) is 1. The largest absolute Gasteiger partial charge is 0.326 e. The molecule has 0 aliphatic carbocycles. The Morgan fingerprint density at radius 3 is 2.18 bits per heavy atom. The Labute approximate surface area is 106 Å². The van der Waals surface area contributed by atoms with Crippen molar-refractivity contribution < 1.29 is 0 Å². The number of benzene rings is 1. The number of rotatable bonds is 7. The minimum Gasteiger partial charge on any atom is -0.326 e. The van der Waals surface area contributed by atoms with Crippen molar-refractivity contribution in [3.8, 4) is 0 Å². The van der Waals surface area contributed by atoms with E-state index < -0.39 is 0 Å². The Morgan fingerprint density at radius 2 is 1.71 bits per heavy atom. The second-order valence-corrected chi connectivity index (χ2v) is 4.86. The third kappa shape index (κ3) is 4.88. The van der Waals surface area contributed by atoms with Crippen LogP contribution in [0.15, 0.2) is 24.3 Å². The summed E-state index contributed by atoms with van der Waals surface area (Å²) in [5.41, 5.74) is 8.19. The van der Waals surface area contributed by atoms with E-state index in [2.05, 4.69) is 49.9 Å². The van der Waals surface area contributed by atoms with Crippen LogP contribution in [0.4, 0.5) is 0 Å². The van der Waals surface area contributed by atoms with Crippen molar-refractivity contribution in [3.63, 3.8) is 0 Å². The van der Waals surface area contributed by atoms with E-state index in [-0.39, 0.29) is 0 Å². The van der Waals surface area contributed by atoms with Crippen LogP contribution >= 0.6 is 0 Å². The minimum atomic E-state index is 0.630. The second kappa shape index (κ2) is 7.46. The summed E-state index contributed by atoms with van der Waals surface area (Å²) in [4.78, 5) is 2.51. The summed E-state index contributed by atoms with van der Waals surface area (Å²) in [6.45, 7) is 10.8. The van der Waals surface area contributed by atoms with Crippen LogP contribution in [-0.4, -0.2) is 18.0 Å². The van der Waals surface area contributed by atoms with Gasteiger partial charge in [0.1, 0.15) is 0 Å². The molecule has 0 fully saturated rings. The van der Waals surface area contributed by atoms with E-state index in [1.807, 2.05) is 0 Å². The minimum absolute atomic E-state index is 0.630. The predicted octanol–water partition coefficient (Wildman–Crippen LogP) is 3.01. The van der Waals surface area contributed by atoms with Crippen molar-refractivity contribution in [2.75, 3.05) is 13.1 Å². The first-order chi connectivity index (χ1) is 8.19. The molecule has 2 N–H and O–H groups in total. The van der Waals surface area contributed by atoms with Crippen molar-refractivity contribution in [2.24, 2.45) is 11.7 Å². The fourth-order valence-electron chi connectivity index (χ4n) is 1.91. The van der Waals surface area contributed by atoms with Crippen molar-refractivity contribution in [1.29, 1.82) is 0 Å². The first kappa shape index (κ1) is 14.2. The highest BCUT2D eigenvalue weighted by Gasteiger charge is 2.07. The van der Waals surface area contributed by atoms with Gasteiger partial charge in [0.05, 0.1) is 0 Å². The molecule has 0 aliphatic heterocycles. The zero-order valence-electron chi connectivity index (χ0n) is 11.4. The summed E-state index contributed by atoms with van der Waals surface area (Å²) in [7, 11) is 0. The van der Waals surface area contributed by atoms with Gasteiger partial charge in [-0.2, -0.15) is 0 Å². The maximum Gasteiger partial charge on any atom is 0.0233 e. The third-order valence-corrected chi connectivity index (χ3v) is 3.38. The van der Waals surface area contributed by atoms with Gasteiger partial charge < -0.3 is 5.73 Å². The summed E-state index contributed by atoms with van der Waals surface area (Å²) in [5.74, 6) is 0.776. The van der Waals surface area contributed by atoms with E-state index in [1.165, 1.54) is 24.1 Å². The molecule has 1 rings (SSSR count). The van der Waals surface area contributed by atoms with Crippen LogP contribution < -0.4 is 5.73 Å². The normalized spacial score (nSPS) is 13.0. The molecule has 0 aliphatic rings. The van der Waals surface area contributed by atoms with Gasteiger partial charge in [-0.15, -0.1) is 0 Å². The molecular formula is C15H26N2. The Kier molecular flexibility index (Phi) is 6.23. The molecule has 1 aromatic carbocycles. The van der Waals surface area contributed by atoms with E-state index in [4.69, 9.17) is 5.73 Å². The summed E-state index contributed by atoms with van der Waals surface area (Å²) in [5, 5.41) is 0. The zero-order chi connectivity index (χ0) is 12.7. The molecular weight excluding hydrogens is 208 g/mol. The lowest BCUT2D eigenvalue weighted by atomic mass is 10.1. The molecule has 0 heterocycles. The first-order valence-corrected chi connectivity index (χ1v) is 6.69. The van der Waals surface area contributed by atoms with Crippen LogP contribution in [-0.2, 0) is 13.1 Å². The van der Waals surface area contributed by atoms with Gasteiger partial charge in [0, 0.05) is 19.6 Å². The Balaban J connectivity index is 2.54. The first-order valence-electron chi connectivity index (χ1n) is 6.69. The number of hydrogen-bond acceptors (Lipinski definition) is 2. The van der Waals surface area contributed by atoms with Gasteiger partial charge >= 0.3 is 0 Å². The van der Waals surface area contributed by atoms with Crippen molar-refractivity contribution in [1.82, 2.24) is 4.90 Å². The molecule has 0 spiro atoms. The SMILES string of the molecule is CCC(C)CN(CC)Cc1ccc(CN)cc1. The molecule has 1 aromatic rings. The van der Waals surface area contributed by atoms with Gasteiger partial charge in [-0.25, -0.2) is 0 Å². The molecule has 0 amide bonds. The molecule has 2 nitrogen and oxygen atoms in total. The molecule has 17 heavy (non-hydrogen) atoms. The fraction of sp³-hybridized carbons (Fsp3) is 0.600. The highest BCUT2D eigenvalue weighted by molar-refractivity contribution is 5.22. The van der Waals surface area contributed by atoms with Crippen LogP contribution in [0.3, 0.4) is 0 Å². The van der Waals surface area contributed by atoms with Gasteiger partial charge in [0.15, 0.2) is 0 Å². The monoisotopic (exact) mass is 234 g/mol. The fourth-order valence-corrected chi connectivity index (χ4v) is 1.91. The molecule has 0 radical (unpaired) electrons. The van der Waals surface area contributed by atoms with Crippen LogP contribution in [0.1, 0.15) is 38.3 Å². The van der Waals surface area contributed by atoms with E-state index in [1.54, 1.807) is 0 Å². The lowest BCUT2D eigenvalue weighted by Crippen LogP contribution is -2.27. The molecule has 1 unspecified atom stereocenters. The van der Waals surface area contributed by atoms with E-state index >= 15 is 0 Å². The molecule has 0 aromatic heterocycles. The molecule has 0 saturated heterocycles. The van der Waals surface area contributed by atoms with E-state index in [0.717, 1.165) is 19.0 Å². The number of nitrogens with zero attached hydrogens (tertiary/aromatic N) is 1. The standard InChI is InChI=1S/C15H26N2/c1-4-13(3)11-17(5-2)12-15-8-6-14(10-16)7-9-15/h6-9,13H,4-5,10-12,16H2,1-3H3. The van der Waals surface area contributed by atoms with Crippen LogP contribution in [0.5, 0.6) is 0 Å². The summed E-state index contributed by atoms with van der Waals surface area (Å²) >= 11 is 0.